The standard InChI is InChI=1S/C28H30N4O2S/c1-2-18-34-24-14-12-21(13-15-24)26-22(20-32(30-26)23-10-6-5-7-11-23)19-25-27(33)29-28(35-25)31-16-8-3-4-9-17-31/h5-7,10-15,19-20H,2-4,8-9,16-18H2,1H3/b25-19+. The van der Waals surface area contributed by atoms with Gasteiger partial charge in [-0.2, -0.15) is 10.1 Å². The molecule has 180 valence electrons. The summed E-state index contributed by atoms with van der Waals surface area (Å²) in [5, 5.41) is 5.72. The van der Waals surface area contributed by atoms with Crippen molar-refractivity contribution in [2.45, 2.75) is 39.0 Å². The smallest absolute Gasteiger partial charge is 0.286 e. The van der Waals surface area contributed by atoms with Crippen molar-refractivity contribution in [3.8, 4) is 22.7 Å². The number of amidine groups is 1. The van der Waals surface area contributed by atoms with Crippen LogP contribution in [0.5, 0.6) is 5.75 Å². The van der Waals surface area contributed by atoms with E-state index in [-0.39, 0.29) is 5.91 Å². The molecule has 2 aromatic carbocycles. The van der Waals surface area contributed by atoms with Crippen molar-refractivity contribution in [3.05, 3.63) is 71.3 Å². The first kappa shape index (κ1) is 23.4. The third kappa shape index (κ3) is 5.51. The molecule has 0 unspecified atom stereocenters. The minimum absolute atomic E-state index is 0.170. The first-order valence-electron chi connectivity index (χ1n) is 12.4. The third-order valence-corrected chi connectivity index (χ3v) is 7.18. The second-order valence-electron chi connectivity index (χ2n) is 8.80. The zero-order valence-electron chi connectivity index (χ0n) is 20.0. The van der Waals surface area contributed by atoms with Crippen LogP contribution < -0.4 is 4.74 Å². The minimum atomic E-state index is -0.170. The number of hydrogen-bond acceptors (Lipinski definition) is 5. The van der Waals surface area contributed by atoms with E-state index in [4.69, 9.17) is 9.84 Å². The van der Waals surface area contributed by atoms with Crippen molar-refractivity contribution >= 4 is 28.9 Å². The van der Waals surface area contributed by atoms with E-state index in [1.54, 1.807) is 0 Å². The molecule has 0 atom stereocenters. The lowest BCUT2D eigenvalue weighted by atomic mass is 10.1. The van der Waals surface area contributed by atoms with Crippen molar-refractivity contribution in [1.82, 2.24) is 14.7 Å². The maximum Gasteiger partial charge on any atom is 0.286 e. The molecule has 0 aliphatic carbocycles. The van der Waals surface area contributed by atoms with E-state index in [1.165, 1.54) is 24.6 Å². The van der Waals surface area contributed by atoms with Crippen molar-refractivity contribution in [2.24, 2.45) is 4.99 Å². The number of thioether (sulfide) groups is 1. The monoisotopic (exact) mass is 486 g/mol. The minimum Gasteiger partial charge on any atom is -0.494 e. The fourth-order valence-electron chi connectivity index (χ4n) is 4.30. The molecular weight excluding hydrogens is 456 g/mol. The highest BCUT2D eigenvalue weighted by atomic mass is 32.2. The molecule has 5 rings (SSSR count). The Morgan fingerprint density at radius 2 is 1.74 bits per heavy atom. The first-order valence-corrected chi connectivity index (χ1v) is 13.2. The topological polar surface area (TPSA) is 59.7 Å². The fraction of sp³-hybridized carbons (Fsp3) is 0.321. The van der Waals surface area contributed by atoms with E-state index in [0.29, 0.717) is 11.5 Å². The lowest BCUT2D eigenvalue weighted by molar-refractivity contribution is -0.113. The second kappa shape index (κ2) is 11.0. The van der Waals surface area contributed by atoms with Crippen molar-refractivity contribution in [1.29, 1.82) is 0 Å². The molecule has 3 heterocycles. The number of aromatic nitrogens is 2. The summed E-state index contributed by atoms with van der Waals surface area (Å²) in [6.07, 6.45) is 9.68. The Morgan fingerprint density at radius 3 is 2.46 bits per heavy atom. The number of hydrogen-bond donors (Lipinski definition) is 0. The van der Waals surface area contributed by atoms with Crippen LogP contribution in [0.3, 0.4) is 0 Å². The number of benzene rings is 2. The fourth-order valence-corrected chi connectivity index (χ4v) is 5.25. The lowest BCUT2D eigenvalue weighted by Gasteiger charge is -2.20. The number of aliphatic imine (C=N–C) groups is 1. The highest BCUT2D eigenvalue weighted by Gasteiger charge is 2.27. The summed E-state index contributed by atoms with van der Waals surface area (Å²) in [6.45, 7) is 4.72. The number of carbonyl (C=O) groups excluding carboxylic acids is 1. The Hall–Kier alpha value is -3.32. The van der Waals surface area contributed by atoms with E-state index in [1.807, 2.05) is 71.6 Å². The maximum absolute atomic E-state index is 12.8. The zero-order chi connectivity index (χ0) is 24.0. The first-order chi connectivity index (χ1) is 17.2. The molecule has 3 aromatic rings. The molecule has 1 aromatic heterocycles. The molecule has 6 nitrogen and oxygen atoms in total. The number of ether oxygens (including phenoxy) is 1. The summed E-state index contributed by atoms with van der Waals surface area (Å²) in [5.74, 6) is 0.672. The molecule has 2 aliphatic rings. The summed E-state index contributed by atoms with van der Waals surface area (Å²) in [7, 11) is 0. The van der Waals surface area contributed by atoms with Gasteiger partial charge in [0.1, 0.15) is 5.75 Å². The molecular formula is C28H30N4O2S. The van der Waals surface area contributed by atoms with Crippen molar-refractivity contribution < 1.29 is 9.53 Å². The van der Waals surface area contributed by atoms with E-state index in [0.717, 1.165) is 65.8 Å². The SMILES string of the molecule is CCCOc1ccc(-c2nn(-c3ccccc3)cc2/C=C2/SC(N3CCCCCC3)=NC2=O)cc1. The van der Waals surface area contributed by atoms with Crippen LogP contribution in [-0.2, 0) is 4.79 Å². The Labute approximate surface area is 210 Å². The van der Waals surface area contributed by atoms with Crippen LogP contribution in [0.1, 0.15) is 44.6 Å². The van der Waals surface area contributed by atoms with Gasteiger partial charge >= 0.3 is 0 Å². The van der Waals surface area contributed by atoms with Gasteiger partial charge in [0.05, 0.1) is 22.9 Å². The molecule has 7 heteroatoms. The Kier molecular flexibility index (Phi) is 7.33. The molecule has 1 fully saturated rings. The van der Waals surface area contributed by atoms with Gasteiger partial charge in [0.15, 0.2) is 5.17 Å². The molecule has 0 saturated carbocycles. The quantitative estimate of drug-likeness (QED) is 0.390. The predicted molar refractivity (Wildman–Crippen MR) is 143 cm³/mol. The number of rotatable bonds is 6. The number of nitrogens with zero attached hydrogens (tertiary/aromatic N) is 4. The van der Waals surface area contributed by atoms with Gasteiger partial charge in [0, 0.05) is 30.4 Å². The van der Waals surface area contributed by atoms with Gasteiger partial charge in [-0.05, 0) is 73.5 Å². The molecule has 1 amide bonds. The number of carbonyl (C=O) groups is 1. The average Bonchev–Trinajstić information content (AvgIpc) is 3.36. The summed E-state index contributed by atoms with van der Waals surface area (Å²) in [4.78, 5) is 20.1. The van der Waals surface area contributed by atoms with Crippen LogP contribution in [0.25, 0.3) is 23.0 Å². The van der Waals surface area contributed by atoms with Gasteiger partial charge in [-0.15, -0.1) is 0 Å². The predicted octanol–water partition coefficient (Wildman–Crippen LogP) is 6.17. The van der Waals surface area contributed by atoms with Gasteiger partial charge < -0.3 is 9.64 Å². The molecule has 2 aliphatic heterocycles. The Balaban J connectivity index is 1.46. The van der Waals surface area contributed by atoms with Crippen molar-refractivity contribution in [2.75, 3.05) is 19.7 Å². The van der Waals surface area contributed by atoms with Gasteiger partial charge in [-0.1, -0.05) is 38.0 Å². The van der Waals surface area contributed by atoms with Crippen LogP contribution in [-0.4, -0.2) is 45.5 Å². The largest absolute Gasteiger partial charge is 0.494 e. The molecule has 0 N–H and O–H groups in total. The van der Waals surface area contributed by atoms with E-state index in [9.17, 15) is 4.79 Å². The zero-order valence-corrected chi connectivity index (χ0v) is 20.8. The van der Waals surface area contributed by atoms with Crippen LogP contribution >= 0.6 is 11.8 Å². The summed E-state index contributed by atoms with van der Waals surface area (Å²) in [5.41, 5.74) is 3.65. The highest BCUT2D eigenvalue weighted by Crippen LogP contribution is 2.34. The van der Waals surface area contributed by atoms with E-state index in [2.05, 4.69) is 16.8 Å². The average molecular weight is 487 g/mol. The second-order valence-corrected chi connectivity index (χ2v) is 9.81. The normalized spacial score (nSPS) is 17.5. The summed E-state index contributed by atoms with van der Waals surface area (Å²) < 4.78 is 7.61. The van der Waals surface area contributed by atoms with Gasteiger partial charge in [-0.25, -0.2) is 4.68 Å². The lowest BCUT2D eigenvalue weighted by Crippen LogP contribution is -2.28. The molecule has 1 saturated heterocycles. The maximum atomic E-state index is 12.8. The van der Waals surface area contributed by atoms with Gasteiger partial charge in [0.2, 0.25) is 0 Å². The summed E-state index contributed by atoms with van der Waals surface area (Å²) >= 11 is 1.48. The Bertz CT molecular complexity index is 1220. The van der Waals surface area contributed by atoms with Crippen LogP contribution in [0.15, 0.2) is 70.7 Å². The van der Waals surface area contributed by atoms with Gasteiger partial charge in [-0.3, -0.25) is 4.79 Å². The highest BCUT2D eigenvalue weighted by molar-refractivity contribution is 8.18. The molecule has 0 bridgehead atoms. The number of likely N-dealkylation sites (tertiary alicyclic amines) is 1. The number of amides is 1. The van der Waals surface area contributed by atoms with E-state index < -0.39 is 0 Å². The molecule has 35 heavy (non-hydrogen) atoms. The van der Waals surface area contributed by atoms with Crippen molar-refractivity contribution in [3.63, 3.8) is 0 Å². The van der Waals surface area contributed by atoms with Crippen LogP contribution in [0.4, 0.5) is 0 Å². The van der Waals surface area contributed by atoms with E-state index >= 15 is 0 Å². The van der Waals surface area contributed by atoms with Gasteiger partial charge in [0.25, 0.3) is 5.91 Å². The molecule has 0 radical (unpaired) electrons. The number of para-hydroxylation sites is 1. The van der Waals surface area contributed by atoms with Crippen LogP contribution in [0, 0.1) is 0 Å². The molecule has 0 spiro atoms. The van der Waals surface area contributed by atoms with Crippen LogP contribution in [0.2, 0.25) is 0 Å². The summed E-state index contributed by atoms with van der Waals surface area (Å²) in [6, 6.07) is 18.0. The third-order valence-electron chi connectivity index (χ3n) is 6.14. The Morgan fingerprint density at radius 1 is 1.00 bits per heavy atom.